The molecule has 2 nitrogen and oxygen atoms in total. The average Bonchev–Trinajstić information content (AvgIpc) is 2.37. The molecule has 0 amide bonds. The van der Waals surface area contributed by atoms with Gasteiger partial charge >= 0.3 is 0 Å². The van der Waals surface area contributed by atoms with Crippen LogP contribution < -0.4 is 5.32 Å². The molecule has 0 radical (unpaired) electrons. The van der Waals surface area contributed by atoms with E-state index in [2.05, 4.69) is 33.0 Å². The normalized spacial score (nSPS) is 30.3. The van der Waals surface area contributed by atoms with Crippen LogP contribution >= 0.6 is 0 Å². The van der Waals surface area contributed by atoms with Gasteiger partial charge in [-0.3, -0.25) is 0 Å². The van der Waals surface area contributed by atoms with Crippen molar-refractivity contribution >= 4 is 0 Å². The lowest BCUT2D eigenvalue weighted by molar-refractivity contribution is 0.103. The molecule has 0 heterocycles. The fourth-order valence-electron chi connectivity index (χ4n) is 3.18. The van der Waals surface area contributed by atoms with Crippen LogP contribution in [-0.4, -0.2) is 25.8 Å². The molecule has 0 aliphatic heterocycles. The summed E-state index contributed by atoms with van der Waals surface area (Å²) in [5, 5.41) is 3.68. The SMILES string of the molecule is CCCOCCC(NCC)C1CCC(C)C(C)C1. The van der Waals surface area contributed by atoms with Crippen molar-refractivity contribution in [3.05, 3.63) is 0 Å². The first-order valence-electron chi connectivity index (χ1n) is 8.00. The lowest BCUT2D eigenvalue weighted by Gasteiger charge is -2.37. The van der Waals surface area contributed by atoms with E-state index < -0.39 is 0 Å². The van der Waals surface area contributed by atoms with Crippen LogP contribution in [-0.2, 0) is 4.74 Å². The molecule has 0 aromatic heterocycles. The lowest BCUT2D eigenvalue weighted by atomic mass is 9.72. The van der Waals surface area contributed by atoms with E-state index in [9.17, 15) is 0 Å². The van der Waals surface area contributed by atoms with Crippen LogP contribution in [0.2, 0.25) is 0 Å². The minimum absolute atomic E-state index is 0.668. The predicted octanol–water partition coefficient (Wildman–Crippen LogP) is 3.85. The van der Waals surface area contributed by atoms with Crippen molar-refractivity contribution in [1.29, 1.82) is 0 Å². The van der Waals surface area contributed by atoms with E-state index in [4.69, 9.17) is 4.74 Å². The summed E-state index contributed by atoms with van der Waals surface area (Å²) in [6, 6.07) is 0.668. The number of hydrogen-bond donors (Lipinski definition) is 1. The lowest BCUT2D eigenvalue weighted by Crippen LogP contribution is -2.40. The zero-order valence-electron chi connectivity index (χ0n) is 12.9. The standard InChI is InChI=1S/C16H33NO/c1-5-10-18-11-9-16(17-6-2)15-8-7-13(3)14(4)12-15/h13-17H,5-12H2,1-4H3. The van der Waals surface area contributed by atoms with Gasteiger partial charge in [-0.2, -0.15) is 0 Å². The maximum atomic E-state index is 5.66. The van der Waals surface area contributed by atoms with E-state index in [1.54, 1.807) is 0 Å². The quantitative estimate of drug-likeness (QED) is 0.665. The number of rotatable bonds is 8. The summed E-state index contributed by atoms with van der Waals surface area (Å²) in [4.78, 5) is 0. The molecule has 0 saturated heterocycles. The molecular formula is C16H33NO. The Balaban J connectivity index is 2.35. The van der Waals surface area contributed by atoms with E-state index >= 15 is 0 Å². The van der Waals surface area contributed by atoms with E-state index in [0.717, 1.165) is 43.9 Å². The highest BCUT2D eigenvalue weighted by Gasteiger charge is 2.29. The van der Waals surface area contributed by atoms with Crippen molar-refractivity contribution in [2.45, 2.75) is 65.8 Å². The van der Waals surface area contributed by atoms with Gasteiger partial charge in [0.15, 0.2) is 0 Å². The predicted molar refractivity (Wildman–Crippen MR) is 78.9 cm³/mol. The van der Waals surface area contributed by atoms with Gasteiger partial charge in [-0.25, -0.2) is 0 Å². The highest BCUT2D eigenvalue weighted by molar-refractivity contribution is 4.83. The molecule has 108 valence electrons. The molecule has 0 aromatic rings. The van der Waals surface area contributed by atoms with Gasteiger partial charge in [-0.1, -0.05) is 34.1 Å². The van der Waals surface area contributed by atoms with Gasteiger partial charge in [0, 0.05) is 19.3 Å². The average molecular weight is 255 g/mol. The Labute approximate surface area is 114 Å². The Morgan fingerprint density at radius 1 is 1.11 bits per heavy atom. The largest absolute Gasteiger partial charge is 0.381 e. The van der Waals surface area contributed by atoms with Gasteiger partial charge in [0.1, 0.15) is 0 Å². The minimum atomic E-state index is 0.668. The van der Waals surface area contributed by atoms with Crippen LogP contribution in [0.1, 0.15) is 59.8 Å². The van der Waals surface area contributed by atoms with Crippen molar-refractivity contribution in [2.75, 3.05) is 19.8 Å². The van der Waals surface area contributed by atoms with E-state index in [1.165, 1.54) is 25.7 Å². The number of nitrogens with one attached hydrogen (secondary N) is 1. The van der Waals surface area contributed by atoms with Crippen LogP contribution in [0.5, 0.6) is 0 Å². The first-order valence-corrected chi connectivity index (χ1v) is 8.00. The number of hydrogen-bond acceptors (Lipinski definition) is 2. The van der Waals surface area contributed by atoms with Gasteiger partial charge in [-0.05, 0) is 50.0 Å². The molecule has 1 saturated carbocycles. The smallest absolute Gasteiger partial charge is 0.0480 e. The second-order valence-corrected chi connectivity index (χ2v) is 6.09. The Morgan fingerprint density at radius 3 is 2.50 bits per heavy atom. The molecule has 1 aliphatic carbocycles. The molecule has 1 aliphatic rings. The summed E-state index contributed by atoms with van der Waals surface area (Å²) in [6.07, 6.45) is 6.51. The van der Waals surface area contributed by atoms with Crippen molar-refractivity contribution in [2.24, 2.45) is 17.8 Å². The Bertz CT molecular complexity index is 207. The topological polar surface area (TPSA) is 21.3 Å². The highest BCUT2D eigenvalue weighted by atomic mass is 16.5. The fourth-order valence-corrected chi connectivity index (χ4v) is 3.18. The molecule has 1 N–H and O–H groups in total. The number of ether oxygens (including phenoxy) is 1. The molecule has 0 bridgehead atoms. The first kappa shape index (κ1) is 16.0. The summed E-state index contributed by atoms with van der Waals surface area (Å²) in [7, 11) is 0. The summed E-state index contributed by atoms with van der Waals surface area (Å²) in [6.45, 7) is 12.1. The van der Waals surface area contributed by atoms with Crippen molar-refractivity contribution in [3.63, 3.8) is 0 Å². The summed E-state index contributed by atoms with van der Waals surface area (Å²) in [5.41, 5.74) is 0. The third kappa shape index (κ3) is 5.27. The van der Waals surface area contributed by atoms with E-state index in [1.807, 2.05) is 0 Å². The van der Waals surface area contributed by atoms with Crippen LogP contribution in [0, 0.1) is 17.8 Å². The Morgan fingerprint density at radius 2 is 1.89 bits per heavy atom. The summed E-state index contributed by atoms with van der Waals surface area (Å²) < 4.78 is 5.66. The van der Waals surface area contributed by atoms with Gasteiger partial charge in [-0.15, -0.1) is 0 Å². The van der Waals surface area contributed by atoms with Gasteiger partial charge in [0.05, 0.1) is 0 Å². The second kappa shape index (κ2) is 8.92. The van der Waals surface area contributed by atoms with Crippen LogP contribution in [0.15, 0.2) is 0 Å². The highest BCUT2D eigenvalue weighted by Crippen LogP contribution is 2.35. The summed E-state index contributed by atoms with van der Waals surface area (Å²) >= 11 is 0. The fraction of sp³-hybridized carbons (Fsp3) is 1.00. The molecule has 0 spiro atoms. The van der Waals surface area contributed by atoms with Crippen molar-refractivity contribution < 1.29 is 4.74 Å². The monoisotopic (exact) mass is 255 g/mol. The maximum Gasteiger partial charge on any atom is 0.0480 e. The van der Waals surface area contributed by atoms with Crippen LogP contribution in [0.25, 0.3) is 0 Å². The minimum Gasteiger partial charge on any atom is -0.381 e. The van der Waals surface area contributed by atoms with Gasteiger partial charge in [0.2, 0.25) is 0 Å². The van der Waals surface area contributed by atoms with Crippen LogP contribution in [0.3, 0.4) is 0 Å². The maximum absolute atomic E-state index is 5.66. The van der Waals surface area contributed by atoms with Gasteiger partial charge in [0.25, 0.3) is 0 Å². The molecule has 1 fully saturated rings. The van der Waals surface area contributed by atoms with E-state index in [-0.39, 0.29) is 0 Å². The van der Waals surface area contributed by atoms with Crippen LogP contribution in [0.4, 0.5) is 0 Å². The zero-order valence-corrected chi connectivity index (χ0v) is 12.9. The van der Waals surface area contributed by atoms with Crippen molar-refractivity contribution in [1.82, 2.24) is 5.32 Å². The molecule has 4 atom stereocenters. The summed E-state index contributed by atoms with van der Waals surface area (Å²) in [5.74, 6) is 2.67. The third-order valence-corrected chi connectivity index (χ3v) is 4.60. The second-order valence-electron chi connectivity index (χ2n) is 6.09. The molecule has 18 heavy (non-hydrogen) atoms. The zero-order chi connectivity index (χ0) is 13.4. The van der Waals surface area contributed by atoms with Crippen molar-refractivity contribution in [3.8, 4) is 0 Å². The van der Waals surface area contributed by atoms with E-state index in [0.29, 0.717) is 6.04 Å². The molecule has 4 unspecified atom stereocenters. The molecule has 0 aromatic carbocycles. The third-order valence-electron chi connectivity index (χ3n) is 4.60. The molecule has 1 rings (SSSR count). The molecule has 2 heteroatoms. The molecular weight excluding hydrogens is 222 g/mol. The first-order chi connectivity index (χ1) is 8.69. The van der Waals surface area contributed by atoms with Gasteiger partial charge < -0.3 is 10.1 Å². The Hall–Kier alpha value is -0.0800. The Kier molecular flexibility index (Phi) is 7.92.